The van der Waals surface area contributed by atoms with Crippen LogP contribution in [0, 0.1) is 0 Å². The molecule has 1 amide bonds. The van der Waals surface area contributed by atoms with Crippen molar-refractivity contribution in [3.63, 3.8) is 0 Å². The van der Waals surface area contributed by atoms with Crippen molar-refractivity contribution in [2.45, 2.75) is 0 Å². The van der Waals surface area contributed by atoms with Crippen LogP contribution in [0.25, 0.3) is 0 Å². The minimum atomic E-state index is 0.714. The Hall–Kier alpha value is -0.610. The zero-order valence-corrected chi connectivity index (χ0v) is 5.26. The molecule has 1 saturated heterocycles. The first-order valence-electron chi connectivity index (χ1n) is 3.09. The fraction of sp³-hybridized carbons (Fsp3) is 0.800. The predicted molar refractivity (Wildman–Crippen MR) is 33.6 cm³/mol. The molecule has 9 heavy (non-hydrogen) atoms. The average Bonchev–Trinajstić information content (AvgIpc) is 1.91. The number of carbonyl (C=O) groups excluding carboxylic acids is 1. The van der Waals surface area contributed by atoms with Crippen molar-refractivity contribution in [3.05, 3.63) is 0 Å². The first-order chi connectivity index (χ1) is 4.43. The normalized spacial score (nSPS) is 21.3. The molecule has 0 saturated carbocycles. The second-order valence-electron chi connectivity index (χ2n) is 1.98. The van der Waals surface area contributed by atoms with Crippen LogP contribution in [-0.4, -0.2) is 37.6 Å². The molecule has 0 aromatic carbocycles. The minimum absolute atomic E-state index is 0.714. The van der Waals surface area contributed by atoms with Crippen LogP contribution in [0.1, 0.15) is 0 Å². The number of hydrogen-bond acceptors (Lipinski definition) is 3. The van der Waals surface area contributed by atoms with Gasteiger partial charge in [0.2, 0.25) is 6.41 Å². The van der Waals surface area contributed by atoms with Crippen LogP contribution >= 0.6 is 0 Å². The molecule has 1 aliphatic rings. The Kier molecular flexibility index (Phi) is 2.48. The molecule has 0 bridgehead atoms. The molecule has 1 heterocycles. The molecule has 1 rings (SSSR count). The molecule has 1 aliphatic heterocycles. The summed E-state index contributed by atoms with van der Waals surface area (Å²) in [6.07, 6.45) is 0.714. The van der Waals surface area contributed by atoms with Crippen molar-refractivity contribution in [1.82, 2.24) is 15.8 Å². The number of nitrogens with zero attached hydrogens (tertiary/aromatic N) is 1. The number of carbonyl (C=O) groups is 1. The van der Waals surface area contributed by atoms with Gasteiger partial charge in [0.15, 0.2) is 0 Å². The Morgan fingerprint density at radius 3 is 2.67 bits per heavy atom. The van der Waals surface area contributed by atoms with Crippen LogP contribution in [-0.2, 0) is 4.79 Å². The maximum Gasteiger partial charge on any atom is 0.221 e. The van der Waals surface area contributed by atoms with E-state index in [4.69, 9.17) is 0 Å². The zero-order valence-electron chi connectivity index (χ0n) is 5.26. The molecule has 2 N–H and O–H groups in total. The van der Waals surface area contributed by atoms with Crippen molar-refractivity contribution in [2.24, 2.45) is 0 Å². The van der Waals surface area contributed by atoms with Gasteiger partial charge in [-0.25, -0.2) is 5.01 Å². The topological polar surface area (TPSA) is 44.4 Å². The third-order valence-electron chi connectivity index (χ3n) is 1.35. The van der Waals surface area contributed by atoms with Gasteiger partial charge in [-0.1, -0.05) is 0 Å². The van der Waals surface area contributed by atoms with Crippen molar-refractivity contribution < 1.29 is 4.79 Å². The summed E-state index contributed by atoms with van der Waals surface area (Å²) < 4.78 is 0. The lowest BCUT2D eigenvalue weighted by Crippen LogP contribution is -2.49. The van der Waals surface area contributed by atoms with Gasteiger partial charge in [0, 0.05) is 26.2 Å². The number of hydrogen-bond donors (Lipinski definition) is 2. The van der Waals surface area contributed by atoms with Crippen molar-refractivity contribution in [1.29, 1.82) is 0 Å². The van der Waals surface area contributed by atoms with Crippen LogP contribution < -0.4 is 10.7 Å². The Balaban J connectivity index is 2.15. The van der Waals surface area contributed by atoms with E-state index in [2.05, 4.69) is 10.7 Å². The SMILES string of the molecule is O=CNN1CCNCC1. The molecule has 4 nitrogen and oxygen atoms in total. The molecule has 0 aromatic heterocycles. The summed E-state index contributed by atoms with van der Waals surface area (Å²) in [6.45, 7) is 3.72. The number of nitrogens with one attached hydrogen (secondary N) is 2. The molecular formula is C5H11N3O. The van der Waals surface area contributed by atoms with E-state index in [0.717, 1.165) is 26.2 Å². The molecule has 0 spiro atoms. The highest BCUT2D eigenvalue weighted by molar-refractivity contribution is 5.44. The summed E-state index contributed by atoms with van der Waals surface area (Å²) >= 11 is 0. The molecule has 0 aliphatic carbocycles. The van der Waals surface area contributed by atoms with E-state index in [1.54, 1.807) is 0 Å². The van der Waals surface area contributed by atoms with Gasteiger partial charge in [0.1, 0.15) is 0 Å². The minimum Gasteiger partial charge on any atom is -0.314 e. The van der Waals surface area contributed by atoms with Gasteiger partial charge in [-0.05, 0) is 0 Å². The fourth-order valence-electron chi connectivity index (χ4n) is 0.868. The van der Waals surface area contributed by atoms with Crippen LogP contribution in [0.15, 0.2) is 0 Å². The third-order valence-corrected chi connectivity index (χ3v) is 1.35. The van der Waals surface area contributed by atoms with E-state index in [1.807, 2.05) is 5.01 Å². The van der Waals surface area contributed by atoms with E-state index in [-0.39, 0.29) is 0 Å². The monoisotopic (exact) mass is 129 g/mol. The summed E-state index contributed by atoms with van der Waals surface area (Å²) in [6, 6.07) is 0. The van der Waals surface area contributed by atoms with Crippen LogP contribution in [0.3, 0.4) is 0 Å². The Morgan fingerprint density at radius 2 is 2.11 bits per heavy atom. The second-order valence-corrected chi connectivity index (χ2v) is 1.98. The van der Waals surface area contributed by atoms with E-state index in [0.29, 0.717) is 6.41 Å². The Labute approximate surface area is 54.2 Å². The quantitative estimate of drug-likeness (QED) is 0.448. The highest BCUT2D eigenvalue weighted by Gasteiger charge is 2.06. The molecule has 52 valence electrons. The van der Waals surface area contributed by atoms with Gasteiger partial charge in [0.25, 0.3) is 0 Å². The Bertz CT molecular complexity index is 90.2. The summed E-state index contributed by atoms with van der Waals surface area (Å²) in [7, 11) is 0. The standard InChI is InChI=1S/C5H11N3O/c9-5-7-8-3-1-6-2-4-8/h5-6H,1-4H2,(H,7,9). The highest BCUT2D eigenvalue weighted by atomic mass is 16.1. The zero-order chi connectivity index (χ0) is 6.53. The first-order valence-corrected chi connectivity index (χ1v) is 3.09. The van der Waals surface area contributed by atoms with Gasteiger partial charge >= 0.3 is 0 Å². The average molecular weight is 129 g/mol. The lowest BCUT2D eigenvalue weighted by Gasteiger charge is -2.25. The predicted octanol–water partition coefficient (Wildman–Crippen LogP) is -1.45. The van der Waals surface area contributed by atoms with Gasteiger partial charge in [-0.3, -0.25) is 10.2 Å². The number of amides is 1. The van der Waals surface area contributed by atoms with E-state index < -0.39 is 0 Å². The maximum atomic E-state index is 9.90. The fourth-order valence-corrected chi connectivity index (χ4v) is 0.868. The van der Waals surface area contributed by atoms with Gasteiger partial charge in [-0.15, -0.1) is 0 Å². The van der Waals surface area contributed by atoms with E-state index in [1.165, 1.54) is 0 Å². The van der Waals surface area contributed by atoms with Gasteiger partial charge < -0.3 is 5.32 Å². The lowest BCUT2D eigenvalue weighted by atomic mass is 10.4. The van der Waals surface area contributed by atoms with Crippen molar-refractivity contribution >= 4 is 6.41 Å². The summed E-state index contributed by atoms with van der Waals surface area (Å²) in [5.74, 6) is 0. The summed E-state index contributed by atoms with van der Waals surface area (Å²) in [4.78, 5) is 9.90. The van der Waals surface area contributed by atoms with Crippen LogP contribution in [0.4, 0.5) is 0 Å². The first kappa shape index (κ1) is 6.51. The number of rotatable bonds is 2. The molecule has 0 aromatic rings. The molecule has 1 fully saturated rings. The van der Waals surface area contributed by atoms with Crippen molar-refractivity contribution in [3.8, 4) is 0 Å². The Morgan fingerprint density at radius 1 is 1.44 bits per heavy atom. The highest BCUT2D eigenvalue weighted by Crippen LogP contribution is 1.83. The van der Waals surface area contributed by atoms with Crippen LogP contribution in [0.2, 0.25) is 0 Å². The summed E-state index contributed by atoms with van der Waals surface area (Å²) in [5.41, 5.74) is 2.60. The van der Waals surface area contributed by atoms with E-state index >= 15 is 0 Å². The van der Waals surface area contributed by atoms with E-state index in [9.17, 15) is 4.79 Å². The molecule has 0 atom stereocenters. The molecule has 0 radical (unpaired) electrons. The maximum absolute atomic E-state index is 9.90. The largest absolute Gasteiger partial charge is 0.314 e. The van der Waals surface area contributed by atoms with Crippen LogP contribution in [0.5, 0.6) is 0 Å². The van der Waals surface area contributed by atoms with Gasteiger partial charge in [0.05, 0.1) is 0 Å². The third kappa shape index (κ3) is 1.99. The smallest absolute Gasteiger partial charge is 0.221 e. The lowest BCUT2D eigenvalue weighted by molar-refractivity contribution is -0.114. The molecule has 0 unspecified atom stereocenters. The molecule has 4 heteroatoms. The molecular weight excluding hydrogens is 118 g/mol. The summed E-state index contributed by atoms with van der Waals surface area (Å²) in [5, 5.41) is 5.07. The van der Waals surface area contributed by atoms with Gasteiger partial charge in [-0.2, -0.15) is 0 Å². The van der Waals surface area contributed by atoms with Crippen molar-refractivity contribution in [2.75, 3.05) is 26.2 Å². The number of hydrazine groups is 1. The number of piperazine rings is 1. The second kappa shape index (κ2) is 3.42.